The third kappa shape index (κ3) is 2.96. The molecule has 1 aliphatic heterocycles. The van der Waals surface area contributed by atoms with Gasteiger partial charge >= 0.3 is 6.03 Å². The number of hydrogen-bond acceptors (Lipinski definition) is 4. The highest BCUT2D eigenvalue weighted by Gasteiger charge is 2.30. The molecule has 3 heterocycles. The van der Waals surface area contributed by atoms with E-state index in [1.165, 1.54) is 0 Å². The maximum Gasteiger partial charge on any atom is 0.321 e. The van der Waals surface area contributed by atoms with Crippen LogP contribution in [0.2, 0.25) is 0 Å². The molecule has 0 saturated carbocycles. The summed E-state index contributed by atoms with van der Waals surface area (Å²) in [6.45, 7) is 1.35. The Balaban J connectivity index is 1.47. The van der Waals surface area contributed by atoms with E-state index in [0.717, 1.165) is 29.1 Å². The monoisotopic (exact) mass is 351 g/mol. The number of aryl methyl sites for hydroxylation is 1. The lowest BCUT2D eigenvalue weighted by Crippen LogP contribution is -2.33. The summed E-state index contributed by atoms with van der Waals surface area (Å²) >= 11 is 0. The maximum atomic E-state index is 12.6. The Labute approximate surface area is 151 Å². The lowest BCUT2D eigenvalue weighted by atomic mass is 10.1. The van der Waals surface area contributed by atoms with Gasteiger partial charge in [0.1, 0.15) is 17.1 Å². The number of methoxy groups -OCH3 is 1. The van der Waals surface area contributed by atoms with Gasteiger partial charge in [-0.3, -0.25) is 0 Å². The van der Waals surface area contributed by atoms with Crippen molar-refractivity contribution in [1.82, 2.24) is 19.4 Å². The highest BCUT2D eigenvalue weighted by atomic mass is 16.5. The van der Waals surface area contributed by atoms with E-state index in [9.17, 15) is 4.79 Å². The van der Waals surface area contributed by atoms with Gasteiger partial charge < -0.3 is 19.5 Å². The van der Waals surface area contributed by atoms with Crippen molar-refractivity contribution >= 4 is 22.9 Å². The predicted molar refractivity (Wildman–Crippen MR) is 99.5 cm³/mol. The number of carbonyl (C=O) groups is 1. The molecule has 1 fully saturated rings. The third-order valence-electron chi connectivity index (χ3n) is 4.82. The standard InChI is InChI=1S/C19H21N5O2/c1-23-17(22-16-7-4-9-20-18(16)23)13-8-10-24(12-13)19(25)21-14-5-3-6-15(11-14)26-2/h3-7,9,11,13H,8,10,12H2,1-2H3,(H,21,25)/t13-/m0/s1. The topological polar surface area (TPSA) is 72.3 Å². The number of fused-ring (bicyclic) bond motifs is 1. The average Bonchev–Trinajstić information content (AvgIpc) is 3.27. The second kappa shape index (κ2) is 6.67. The number of likely N-dealkylation sites (tertiary alicyclic amines) is 1. The Morgan fingerprint density at radius 2 is 2.19 bits per heavy atom. The summed E-state index contributed by atoms with van der Waals surface area (Å²) in [7, 11) is 3.59. The maximum absolute atomic E-state index is 12.6. The molecule has 0 spiro atoms. The van der Waals surface area contributed by atoms with Gasteiger partial charge in [0.25, 0.3) is 0 Å². The van der Waals surface area contributed by atoms with Crippen LogP contribution in [0.4, 0.5) is 10.5 Å². The van der Waals surface area contributed by atoms with Crippen LogP contribution in [0.25, 0.3) is 11.2 Å². The van der Waals surface area contributed by atoms with Crippen LogP contribution in [0.1, 0.15) is 18.2 Å². The SMILES string of the molecule is COc1cccc(NC(=O)N2CC[C@H](c3nc4cccnc4n3C)C2)c1. The van der Waals surface area contributed by atoms with E-state index in [2.05, 4.69) is 10.3 Å². The molecule has 1 atom stereocenters. The third-order valence-corrected chi connectivity index (χ3v) is 4.82. The second-order valence-electron chi connectivity index (χ2n) is 6.47. The Hall–Kier alpha value is -3.09. The Kier molecular flexibility index (Phi) is 4.20. The highest BCUT2D eigenvalue weighted by Crippen LogP contribution is 2.29. The van der Waals surface area contributed by atoms with E-state index in [0.29, 0.717) is 18.8 Å². The number of ether oxygens (including phenoxy) is 1. The van der Waals surface area contributed by atoms with Crippen molar-refractivity contribution in [3.63, 3.8) is 0 Å². The molecule has 2 amide bonds. The van der Waals surface area contributed by atoms with Crippen molar-refractivity contribution in [2.45, 2.75) is 12.3 Å². The first-order chi connectivity index (χ1) is 12.7. The lowest BCUT2D eigenvalue weighted by Gasteiger charge is -2.17. The number of aromatic nitrogens is 3. The minimum atomic E-state index is -0.0994. The fraction of sp³-hybridized carbons (Fsp3) is 0.316. The summed E-state index contributed by atoms with van der Waals surface area (Å²) < 4.78 is 7.23. The highest BCUT2D eigenvalue weighted by molar-refractivity contribution is 5.89. The molecular weight excluding hydrogens is 330 g/mol. The van der Waals surface area contributed by atoms with Crippen LogP contribution in [0.5, 0.6) is 5.75 Å². The van der Waals surface area contributed by atoms with Crippen LogP contribution in [0.15, 0.2) is 42.6 Å². The molecule has 0 unspecified atom stereocenters. The number of nitrogens with one attached hydrogen (secondary N) is 1. The van der Waals surface area contributed by atoms with Crippen molar-refractivity contribution < 1.29 is 9.53 Å². The first-order valence-electron chi connectivity index (χ1n) is 8.63. The van der Waals surface area contributed by atoms with Crippen molar-refractivity contribution in [3.05, 3.63) is 48.4 Å². The Bertz CT molecular complexity index is 952. The summed E-state index contributed by atoms with van der Waals surface area (Å²) in [5, 5.41) is 2.94. The quantitative estimate of drug-likeness (QED) is 0.787. The molecule has 2 aromatic heterocycles. The molecule has 1 aliphatic rings. The fourth-order valence-corrected chi connectivity index (χ4v) is 3.47. The molecule has 134 valence electrons. The van der Waals surface area contributed by atoms with Crippen LogP contribution >= 0.6 is 0 Å². The molecule has 1 N–H and O–H groups in total. The first kappa shape index (κ1) is 16.4. The molecule has 26 heavy (non-hydrogen) atoms. The molecule has 0 aliphatic carbocycles. The number of anilines is 1. The molecule has 4 rings (SSSR count). The molecular formula is C19H21N5O2. The number of pyridine rings is 1. The van der Waals surface area contributed by atoms with E-state index in [1.54, 1.807) is 13.3 Å². The Morgan fingerprint density at radius 1 is 1.31 bits per heavy atom. The molecule has 1 aromatic carbocycles. The number of nitrogens with zero attached hydrogens (tertiary/aromatic N) is 4. The zero-order chi connectivity index (χ0) is 18.1. The van der Waals surface area contributed by atoms with Crippen molar-refractivity contribution in [1.29, 1.82) is 0 Å². The smallest absolute Gasteiger partial charge is 0.321 e. The van der Waals surface area contributed by atoms with E-state index in [1.807, 2.05) is 52.9 Å². The summed E-state index contributed by atoms with van der Waals surface area (Å²) in [5.74, 6) is 1.91. The number of benzene rings is 1. The van der Waals surface area contributed by atoms with Crippen molar-refractivity contribution in [3.8, 4) is 5.75 Å². The van der Waals surface area contributed by atoms with Gasteiger partial charge in [0.2, 0.25) is 0 Å². The number of amides is 2. The van der Waals surface area contributed by atoms with Gasteiger partial charge in [0.15, 0.2) is 5.65 Å². The Morgan fingerprint density at radius 3 is 3.00 bits per heavy atom. The number of urea groups is 1. The van der Waals surface area contributed by atoms with Crippen LogP contribution < -0.4 is 10.1 Å². The van der Waals surface area contributed by atoms with Gasteiger partial charge in [-0.15, -0.1) is 0 Å². The van der Waals surface area contributed by atoms with E-state index >= 15 is 0 Å². The van der Waals surface area contributed by atoms with Crippen LogP contribution in [-0.4, -0.2) is 45.7 Å². The fourth-order valence-electron chi connectivity index (χ4n) is 3.47. The first-order valence-corrected chi connectivity index (χ1v) is 8.63. The van der Waals surface area contributed by atoms with Gasteiger partial charge in [-0.05, 0) is 30.7 Å². The summed E-state index contributed by atoms with van der Waals surface area (Å²) in [6.07, 6.45) is 2.67. The van der Waals surface area contributed by atoms with Gasteiger partial charge in [0, 0.05) is 44.0 Å². The van der Waals surface area contributed by atoms with Gasteiger partial charge in [-0.25, -0.2) is 14.8 Å². The van der Waals surface area contributed by atoms with Crippen LogP contribution in [0, 0.1) is 0 Å². The second-order valence-corrected chi connectivity index (χ2v) is 6.47. The van der Waals surface area contributed by atoms with Crippen LogP contribution in [-0.2, 0) is 7.05 Å². The predicted octanol–water partition coefficient (Wildman–Crippen LogP) is 3.00. The van der Waals surface area contributed by atoms with Crippen molar-refractivity contribution in [2.75, 3.05) is 25.5 Å². The molecule has 3 aromatic rings. The van der Waals surface area contributed by atoms with Gasteiger partial charge in [-0.1, -0.05) is 6.07 Å². The van der Waals surface area contributed by atoms with Crippen LogP contribution in [0.3, 0.4) is 0 Å². The summed E-state index contributed by atoms with van der Waals surface area (Å²) in [6, 6.07) is 11.1. The minimum absolute atomic E-state index is 0.0994. The van der Waals surface area contributed by atoms with E-state index in [4.69, 9.17) is 9.72 Å². The normalized spacial score (nSPS) is 16.8. The number of imidazole rings is 1. The number of carbonyl (C=O) groups excluding carboxylic acids is 1. The average molecular weight is 351 g/mol. The lowest BCUT2D eigenvalue weighted by molar-refractivity contribution is 0.222. The zero-order valence-electron chi connectivity index (χ0n) is 14.8. The van der Waals surface area contributed by atoms with Crippen molar-refractivity contribution in [2.24, 2.45) is 7.05 Å². The number of hydrogen-bond donors (Lipinski definition) is 1. The molecule has 7 heteroatoms. The minimum Gasteiger partial charge on any atom is -0.497 e. The number of rotatable bonds is 3. The van der Waals surface area contributed by atoms with E-state index in [-0.39, 0.29) is 11.9 Å². The molecule has 7 nitrogen and oxygen atoms in total. The van der Waals surface area contributed by atoms with Gasteiger partial charge in [-0.2, -0.15) is 0 Å². The molecule has 0 bridgehead atoms. The summed E-state index contributed by atoms with van der Waals surface area (Å²) in [4.78, 5) is 23.5. The largest absolute Gasteiger partial charge is 0.497 e. The molecule has 1 saturated heterocycles. The summed E-state index contributed by atoms with van der Waals surface area (Å²) in [5.41, 5.74) is 2.50. The van der Waals surface area contributed by atoms with Gasteiger partial charge in [0.05, 0.1) is 7.11 Å². The zero-order valence-corrected chi connectivity index (χ0v) is 14.8. The molecule has 0 radical (unpaired) electrons. The van der Waals surface area contributed by atoms with E-state index < -0.39 is 0 Å².